The van der Waals surface area contributed by atoms with E-state index in [9.17, 15) is 4.79 Å². The zero-order chi connectivity index (χ0) is 12.6. The van der Waals surface area contributed by atoms with E-state index in [0.717, 1.165) is 15.6 Å². The van der Waals surface area contributed by atoms with Crippen molar-refractivity contribution in [1.82, 2.24) is 9.88 Å². The normalized spacial score (nSPS) is 21.6. The molecule has 0 saturated carbocycles. The highest BCUT2D eigenvalue weighted by Crippen LogP contribution is 2.33. The van der Waals surface area contributed by atoms with Crippen LogP contribution in [0.2, 0.25) is 0 Å². The standard InChI is InChI=1S/C12H15N3OS/c1-7-12(17-9(3)14-7)8(2)15-6-10(5-13)4-11(15)16/h8,10H,4,6H2,1-3H3. The smallest absolute Gasteiger partial charge is 0.224 e. The van der Waals surface area contributed by atoms with Crippen LogP contribution in [-0.4, -0.2) is 22.3 Å². The number of aromatic nitrogens is 1. The molecule has 90 valence electrons. The number of carbonyl (C=O) groups excluding carboxylic acids is 1. The molecule has 0 aliphatic carbocycles. The Morgan fingerprint density at radius 3 is 2.76 bits per heavy atom. The van der Waals surface area contributed by atoms with E-state index >= 15 is 0 Å². The Hall–Kier alpha value is -1.41. The molecule has 1 aromatic rings. The van der Waals surface area contributed by atoms with Crippen LogP contribution in [0.5, 0.6) is 0 Å². The number of aryl methyl sites for hydroxylation is 2. The monoisotopic (exact) mass is 249 g/mol. The van der Waals surface area contributed by atoms with E-state index in [1.165, 1.54) is 0 Å². The van der Waals surface area contributed by atoms with Gasteiger partial charge >= 0.3 is 0 Å². The quantitative estimate of drug-likeness (QED) is 0.807. The molecule has 1 fully saturated rings. The van der Waals surface area contributed by atoms with Gasteiger partial charge in [-0.3, -0.25) is 4.79 Å². The van der Waals surface area contributed by atoms with E-state index in [-0.39, 0.29) is 17.9 Å². The van der Waals surface area contributed by atoms with Crippen LogP contribution in [0.4, 0.5) is 0 Å². The van der Waals surface area contributed by atoms with E-state index in [2.05, 4.69) is 11.1 Å². The van der Waals surface area contributed by atoms with Crippen molar-refractivity contribution in [1.29, 1.82) is 5.26 Å². The number of rotatable bonds is 2. The average Bonchev–Trinajstić information content (AvgIpc) is 2.81. The highest BCUT2D eigenvalue weighted by molar-refractivity contribution is 7.11. The fourth-order valence-corrected chi connectivity index (χ4v) is 3.26. The minimum atomic E-state index is -0.153. The molecule has 2 atom stereocenters. The van der Waals surface area contributed by atoms with Gasteiger partial charge in [0.05, 0.1) is 28.7 Å². The first-order chi connectivity index (χ1) is 8.02. The molecule has 0 N–H and O–H groups in total. The third-order valence-corrected chi connectivity index (χ3v) is 4.37. The van der Waals surface area contributed by atoms with Gasteiger partial charge in [0.1, 0.15) is 0 Å². The minimum absolute atomic E-state index is 0.0343. The molecule has 1 aromatic heterocycles. The molecule has 4 nitrogen and oxygen atoms in total. The van der Waals surface area contributed by atoms with E-state index < -0.39 is 0 Å². The first-order valence-electron chi connectivity index (χ1n) is 5.66. The maximum absolute atomic E-state index is 11.8. The molecule has 0 radical (unpaired) electrons. The third-order valence-electron chi connectivity index (χ3n) is 3.13. The number of hydrogen-bond acceptors (Lipinski definition) is 4. The van der Waals surface area contributed by atoms with E-state index in [4.69, 9.17) is 5.26 Å². The summed E-state index contributed by atoms with van der Waals surface area (Å²) < 4.78 is 0. The Morgan fingerprint density at radius 2 is 2.29 bits per heavy atom. The molecule has 1 aliphatic rings. The molecular formula is C12H15N3OS. The lowest BCUT2D eigenvalue weighted by Gasteiger charge is -2.23. The summed E-state index contributed by atoms with van der Waals surface area (Å²) in [6.45, 7) is 6.50. The van der Waals surface area contributed by atoms with Crippen LogP contribution >= 0.6 is 11.3 Å². The van der Waals surface area contributed by atoms with Gasteiger partial charge in [0.2, 0.25) is 5.91 Å². The lowest BCUT2D eigenvalue weighted by Crippen LogP contribution is -2.28. The van der Waals surface area contributed by atoms with E-state index in [0.29, 0.717) is 13.0 Å². The predicted octanol–water partition coefficient (Wildman–Crippen LogP) is 2.19. The lowest BCUT2D eigenvalue weighted by molar-refractivity contribution is -0.129. The molecule has 0 bridgehead atoms. The van der Waals surface area contributed by atoms with Gasteiger partial charge in [-0.1, -0.05) is 0 Å². The highest BCUT2D eigenvalue weighted by Gasteiger charge is 2.34. The molecule has 17 heavy (non-hydrogen) atoms. The zero-order valence-electron chi connectivity index (χ0n) is 10.2. The van der Waals surface area contributed by atoms with Gasteiger partial charge in [0.15, 0.2) is 0 Å². The van der Waals surface area contributed by atoms with Gasteiger partial charge in [-0.15, -0.1) is 11.3 Å². The third kappa shape index (κ3) is 2.18. The SMILES string of the molecule is Cc1nc(C)c(C(C)N2CC(C#N)CC2=O)s1. The number of likely N-dealkylation sites (tertiary alicyclic amines) is 1. The summed E-state index contributed by atoms with van der Waals surface area (Å²) in [5.74, 6) is -0.0752. The maximum Gasteiger partial charge on any atom is 0.224 e. The van der Waals surface area contributed by atoms with Crippen molar-refractivity contribution in [3.63, 3.8) is 0 Å². The second-order valence-electron chi connectivity index (χ2n) is 4.43. The number of thiazole rings is 1. The molecule has 0 aromatic carbocycles. The van der Waals surface area contributed by atoms with Crippen LogP contribution in [-0.2, 0) is 4.79 Å². The predicted molar refractivity (Wildman–Crippen MR) is 65.4 cm³/mol. The number of amides is 1. The van der Waals surface area contributed by atoms with Crippen LogP contribution in [0, 0.1) is 31.1 Å². The lowest BCUT2D eigenvalue weighted by atomic mass is 10.1. The van der Waals surface area contributed by atoms with Crippen LogP contribution in [0.1, 0.15) is 35.0 Å². The van der Waals surface area contributed by atoms with Crippen molar-refractivity contribution in [3.05, 3.63) is 15.6 Å². The van der Waals surface area contributed by atoms with Gasteiger partial charge in [0, 0.05) is 17.8 Å². The summed E-state index contributed by atoms with van der Waals surface area (Å²) >= 11 is 1.63. The van der Waals surface area contributed by atoms with E-state index in [1.807, 2.05) is 20.8 Å². The zero-order valence-corrected chi connectivity index (χ0v) is 11.0. The van der Waals surface area contributed by atoms with Crippen molar-refractivity contribution < 1.29 is 4.79 Å². The minimum Gasteiger partial charge on any atom is -0.334 e. The summed E-state index contributed by atoms with van der Waals surface area (Å²) in [6.07, 6.45) is 0.359. The molecule has 2 unspecified atom stereocenters. The van der Waals surface area contributed by atoms with Crippen molar-refractivity contribution in [3.8, 4) is 6.07 Å². The van der Waals surface area contributed by atoms with Gasteiger partial charge in [-0.25, -0.2) is 4.98 Å². The van der Waals surface area contributed by atoms with Gasteiger partial charge in [0.25, 0.3) is 0 Å². The Labute approximate surface area is 105 Å². The first kappa shape index (κ1) is 12.1. The van der Waals surface area contributed by atoms with Gasteiger partial charge in [-0.05, 0) is 20.8 Å². The number of nitrogens with zero attached hydrogens (tertiary/aromatic N) is 3. The van der Waals surface area contributed by atoms with Crippen molar-refractivity contribution in [2.45, 2.75) is 33.2 Å². The highest BCUT2D eigenvalue weighted by atomic mass is 32.1. The second kappa shape index (κ2) is 4.46. The topological polar surface area (TPSA) is 57.0 Å². The van der Waals surface area contributed by atoms with Gasteiger partial charge < -0.3 is 4.90 Å². The van der Waals surface area contributed by atoms with Gasteiger partial charge in [-0.2, -0.15) is 5.26 Å². The molecule has 2 rings (SSSR count). The Balaban J connectivity index is 2.21. The fraction of sp³-hybridized carbons (Fsp3) is 0.583. The van der Waals surface area contributed by atoms with Crippen LogP contribution < -0.4 is 0 Å². The molecular weight excluding hydrogens is 234 g/mol. The first-order valence-corrected chi connectivity index (χ1v) is 6.47. The van der Waals surface area contributed by atoms with Crippen molar-refractivity contribution in [2.75, 3.05) is 6.54 Å². The Morgan fingerprint density at radius 1 is 1.59 bits per heavy atom. The number of nitriles is 1. The molecule has 1 amide bonds. The summed E-state index contributed by atoms with van der Waals surface area (Å²) in [6, 6.07) is 2.21. The van der Waals surface area contributed by atoms with Crippen LogP contribution in [0.15, 0.2) is 0 Å². The number of carbonyl (C=O) groups is 1. The maximum atomic E-state index is 11.8. The average molecular weight is 249 g/mol. The van der Waals surface area contributed by atoms with Crippen molar-refractivity contribution >= 4 is 17.2 Å². The summed E-state index contributed by atoms with van der Waals surface area (Å²) in [4.78, 5) is 19.2. The molecule has 5 heteroatoms. The molecule has 2 heterocycles. The molecule has 1 aliphatic heterocycles. The molecule has 0 spiro atoms. The number of hydrogen-bond donors (Lipinski definition) is 0. The van der Waals surface area contributed by atoms with E-state index in [1.54, 1.807) is 16.2 Å². The van der Waals surface area contributed by atoms with Crippen LogP contribution in [0.25, 0.3) is 0 Å². The Bertz CT molecular complexity index is 488. The summed E-state index contributed by atoms with van der Waals surface area (Å²) in [5.41, 5.74) is 0.994. The molecule has 1 saturated heterocycles. The fourth-order valence-electron chi connectivity index (χ4n) is 2.27. The van der Waals surface area contributed by atoms with Crippen molar-refractivity contribution in [2.24, 2.45) is 5.92 Å². The Kier molecular flexibility index (Phi) is 3.16. The largest absolute Gasteiger partial charge is 0.334 e. The summed E-state index contributed by atoms with van der Waals surface area (Å²) in [7, 11) is 0. The second-order valence-corrected chi connectivity index (χ2v) is 5.67. The van der Waals surface area contributed by atoms with Crippen LogP contribution in [0.3, 0.4) is 0 Å². The summed E-state index contributed by atoms with van der Waals surface area (Å²) in [5, 5.41) is 9.90.